The fraction of sp³-hybridized carbons (Fsp3) is 0.160. The molecule has 1 aliphatic rings. The summed E-state index contributed by atoms with van der Waals surface area (Å²) in [4.78, 5) is 13.2. The maximum Gasteiger partial charge on any atom is 0.344 e. The van der Waals surface area contributed by atoms with E-state index >= 15 is 0 Å². The summed E-state index contributed by atoms with van der Waals surface area (Å²) in [6.45, 7) is 1.90. The first kappa shape index (κ1) is 24.5. The lowest BCUT2D eigenvalue weighted by Crippen LogP contribution is -2.99. The van der Waals surface area contributed by atoms with Gasteiger partial charge < -0.3 is 24.8 Å². The molecule has 188 valence electrons. The molecule has 11 nitrogen and oxygen atoms in total. The van der Waals surface area contributed by atoms with Crippen molar-refractivity contribution in [1.29, 1.82) is 5.26 Å². The van der Waals surface area contributed by atoms with E-state index in [0.717, 1.165) is 0 Å². The van der Waals surface area contributed by atoms with Gasteiger partial charge in [0.15, 0.2) is 5.75 Å². The van der Waals surface area contributed by atoms with Gasteiger partial charge in [0.1, 0.15) is 27.4 Å². The molecule has 0 amide bonds. The minimum Gasteiger partial charge on any atom is -0.594 e. The summed E-state index contributed by atoms with van der Waals surface area (Å²) in [5, 5.41) is 34.5. The number of ether oxygens (including phenoxy) is 2. The molecule has 1 unspecified atom stereocenters. The molecule has 0 radical (unpaired) electrons. The van der Waals surface area contributed by atoms with Gasteiger partial charge in [-0.15, -0.1) is 5.10 Å². The molecule has 3 heterocycles. The monoisotopic (exact) mass is 565 g/mol. The van der Waals surface area contributed by atoms with Crippen LogP contribution < -0.4 is 26.1 Å². The van der Waals surface area contributed by atoms with Crippen molar-refractivity contribution in [1.82, 2.24) is 9.78 Å². The van der Waals surface area contributed by atoms with Crippen molar-refractivity contribution in [3.63, 3.8) is 0 Å². The molecule has 2 atom stereocenters. The third kappa shape index (κ3) is 4.04. The molecule has 12 heteroatoms. The zero-order valence-corrected chi connectivity index (χ0v) is 21.2. The van der Waals surface area contributed by atoms with E-state index in [1.165, 1.54) is 11.8 Å². The number of fused-ring (bicyclic) bond motifs is 3. The average molecular weight is 566 g/mol. The number of nitriles is 1. The van der Waals surface area contributed by atoms with E-state index in [4.69, 9.17) is 19.6 Å². The SMILES string of the molecule is COc1ccc([C@H]2C(C#N)=C(N)Oc3c2c(=O)oc2ccccc32)cc1Cn1nc([NH+]([O-])O)c(Br)c1C. The van der Waals surface area contributed by atoms with Gasteiger partial charge in [0.25, 0.3) is 5.82 Å². The van der Waals surface area contributed by atoms with Crippen LogP contribution in [0.25, 0.3) is 11.0 Å². The van der Waals surface area contributed by atoms with Gasteiger partial charge in [-0.25, -0.2) is 10.0 Å². The Morgan fingerprint density at radius 1 is 1.35 bits per heavy atom. The van der Waals surface area contributed by atoms with Gasteiger partial charge in [-0.3, -0.25) is 4.68 Å². The molecule has 0 aliphatic carbocycles. The molecule has 2 aromatic carbocycles. The lowest BCUT2D eigenvalue weighted by molar-refractivity contribution is -0.993. The second-order valence-corrected chi connectivity index (χ2v) is 9.13. The summed E-state index contributed by atoms with van der Waals surface area (Å²) >= 11 is 3.29. The number of nitrogens with one attached hydrogen (secondary N) is 1. The highest BCUT2D eigenvalue weighted by atomic mass is 79.9. The molecular weight excluding hydrogens is 546 g/mol. The van der Waals surface area contributed by atoms with Crippen molar-refractivity contribution in [2.45, 2.75) is 19.4 Å². The highest BCUT2D eigenvalue weighted by Gasteiger charge is 2.36. The molecule has 0 saturated carbocycles. The Balaban J connectivity index is 1.69. The Morgan fingerprint density at radius 2 is 2.11 bits per heavy atom. The predicted molar refractivity (Wildman–Crippen MR) is 134 cm³/mol. The maximum absolute atomic E-state index is 13.2. The summed E-state index contributed by atoms with van der Waals surface area (Å²) in [6, 6.07) is 14.2. The number of nitrogens with zero attached hydrogens (tertiary/aromatic N) is 3. The van der Waals surface area contributed by atoms with Crippen LogP contribution in [0.5, 0.6) is 11.5 Å². The van der Waals surface area contributed by atoms with Crippen LogP contribution in [0.2, 0.25) is 0 Å². The first-order valence-electron chi connectivity index (χ1n) is 11.0. The van der Waals surface area contributed by atoms with Crippen LogP contribution in [0.15, 0.2) is 67.6 Å². The van der Waals surface area contributed by atoms with Crippen LogP contribution in [-0.2, 0) is 6.54 Å². The molecule has 4 aromatic rings. The van der Waals surface area contributed by atoms with Crippen molar-refractivity contribution >= 4 is 32.7 Å². The second-order valence-electron chi connectivity index (χ2n) is 8.34. The molecule has 37 heavy (non-hydrogen) atoms. The fourth-order valence-corrected chi connectivity index (χ4v) is 4.93. The number of hydrogen-bond donors (Lipinski definition) is 3. The Bertz CT molecular complexity index is 1680. The Kier molecular flexibility index (Phi) is 6.22. The highest BCUT2D eigenvalue weighted by Crippen LogP contribution is 2.44. The van der Waals surface area contributed by atoms with Crippen LogP contribution in [-0.4, -0.2) is 22.1 Å². The van der Waals surface area contributed by atoms with Gasteiger partial charge >= 0.3 is 5.63 Å². The number of halogens is 1. The predicted octanol–water partition coefficient (Wildman–Crippen LogP) is 2.74. The minimum absolute atomic E-state index is 0.0670. The van der Waals surface area contributed by atoms with Gasteiger partial charge in [-0.1, -0.05) is 18.2 Å². The number of benzene rings is 2. The van der Waals surface area contributed by atoms with E-state index in [1.54, 1.807) is 49.4 Å². The number of nitrogens with two attached hydrogens (primary N) is 1. The minimum atomic E-state index is -1.16. The normalized spacial score (nSPS) is 15.7. The third-order valence-electron chi connectivity index (χ3n) is 6.27. The molecule has 5 rings (SSSR count). The van der Waals surface area contributed by atoms with Gasteiger partial charge in [0.05, 0.1) is 36.2 Å². The molecule has 0 bridgehead atoms. The number of methoxy groups -OCH3 is 1. The van der Waals surface area contributed by atoms with Crippen LogP contribution in [0.4, 0.5) is 5.82 Å². The van der Waals surface area contributed by atoms with Gasteiger partial charge in [0.2, 0.25) is 5.88 Å². The molecule has 0 fully saturated rings. The van der Waals surface area contributed by atoms with E-state index in [0.29, 0.717) is 38.0 Å². The Morgan fingerprint density at radius 3 is 2.78 bits per heavy atom. The van der Waals surface area contributed by atoms with E-state index < -0.39 is 16.8 Å². The van der Waals surface area contributed by atoms with E-state index in [9.17, 15) is 20.5 Å². The average Bonchev–Trinajstić information content (AvgIpc) is 3.16. The van der Waals surface area contributed by atoms with Crippen LogP contribution in [0.1, 0.15) is 28.3 Å². The van der Waals surface area contributed by atoms with Crippen molar-refractivity contribution in [3.05, 3.63) is 96.4 Å². The number of hydrogen-bond acceptors (Lipinski definition) is 9. The van der Waals surface area contributed by atoms with Crippen molar-refractivity contribution in [2.24, 2.45) is 5.73 Å². The summed E-state index contributed by atoms with van der Waals surface area (Å²) < 4.78 is 18.8. The molecule has 1 aliphatic heterocycles. The van der Waals surface area contributed by atoms with Crippen LogP contribution in [0.3, 0.4) is 0 Å². The second kappa shape index (κ2) is 9.38. The molecule has 0 spiro atoms. The third-order valence-corrected chi connectivity index (χ3v) is 7.22. The van der Waals surface area contributed by atoms with Crippen molar-refractivity contribution in [3.8, 4) is 17.6 Å². The lowest BCUT2D eigenvalue weighted by Gasteiger charge is -2.26. The summed E-state index contributed by atoms with van der Waals surface area (Å²) in [7, 11) is 1.51. The molecular formula is C25H20BrN5O6. The lowest BCUT2D eigenvalue weighted by atomic mass is 9.83. The number of para-hydroxylation sites is 1. The molecule has 2 aromatic heterocycles. The summed E-state index contributed by atoms with van der Waals surface area (Å²) in [6.07, 6.45) is 0. The smallest absolute Gasteiger partial charge is 0.344 e. The molecule has 0 saturated heterocycles. The highest BCUT2D eigenvalue weighted by molar-refractivity contribution is 9.10. The number of aromatic nitrogens is 2. The van der Waals surface area contributed by atoms with Crippen molar-refractivity contribution in [2.75, 3.05) is 7.11 Å². The number of allylic oxidation sites excluding steroid dienone is 1. The van der Waals surface area contributed by atoms with Gasteiger partial charge in [-0.05, 0) is 52.7 Å². The Hall–Kier alpha value is -4.15. The van der Waals surface area contributed by atoms with Gasteiger partial charge in [0, 0.05) is 5.56 Å². The van der Waals surface area contributed by atoms with Gasteiger partial charge in [-0.2, -0.15) is 10.5 Å². The first-order valence-corrected chi connectivity index (χ1v) is 11.8. The first-order chi connectivity index (χ1) is 17.7. The van der Waals surface area contributed by atoms with E-state index in [1.807, 2.05) is 0 Å². The number of rotatable bonds is 5. The summed E-state index contributed by atoms with van der Waals surface area (Å²) in [5.41, 5.74) is 7.90. The fourth-order valence-electron chi connectivity index (χ4n) is 4.48. The number of quaternary nitrogens is 1. The van der Waals surface area contributed by atoms with E-state index in [-0.39, 0.29) is 35.1 Å². The van der Waals surface area contributed by atoms with Crippen LogP contribution >= 0.6 is 15.9 Å². The molecule has 4 N–H and O–H groups in total. The largest absolute Gasteiger partial charge is 0.594 e. The zero-order valence-electron chi connectivity index (χ0n) is 19.6. The topological polar surface area (TPSA) is 164 Å². The van der Waals surface area contributed by atoms with Crippen LogP contribution in [0, 0.1) is 23.5 Å². The van der Waals surface area contributed by atoms with Crippen molar-refractivity contribution < 1.29 is 24.3 Å². The van der Waals surface area contributed by atoms with E-state index in [2.05, 4.69) is 27.1 Å². The standard InChI is InChI=1S/C25H20BrN5O6/c1-12-21(26)24(31(33)34)29-30(12)11-14-9-13(7-8-17(14)35-2)19-16(10-27)23(28)37-22-15-5-3-4-6-18(15)36-25(32)20(19)22/h3-9,19,31,33H,11,28H2,1-2H3/t19-/m0/s1. The Labute approximate surface area is 218 Å². The quantitative estimate of drug-likeness (QED) is 0.243. The summed E-state index contributed by atoms with van der Waals surface area (Å²) in [5.74, 6) is -0.327. The maximum atomic E-state index is 13.2. The zero-order chi connectivity index (χ0) is 26.4.